The van der Waals surface area contributed by atoms with Crippen molar-refractivity contribution in [1.82, 2.24) is 0 Å². The smallest absolute Gasteiger partial charge is 0.233 e. The van der Waals surface area contributed by atoms with Gasteiger partial charge >= 0.3 is 0 Å². The fourth-order valence-electron chi connectivity index (χ4n) is 7.84. The van der Waals surface area contributed by atoms with Gasteiger partial charge in [-0.1, -0.05) is 140 Å². The van der Waals surface area contributed by atoms with Crippen molar-refractivity contribution in [3.05, 3.63) is 200 Å². The predicted octanol–water partition coefficient (Wildman–Crippen LogP) is 11.5. The zero-order chi connectivity index (χ0) is 41.5. The molecule has 8 rings (SSSR count). The summed E-state index contributed by atoms with van der Waals surface area (Å²) in [7, 11) is 1.00. The highest BCUT2D eigenvalue weighted by molar-refractivity contribution is 7.94. The highest BCUT2D eigenvalue weighted by Crippen LogP contribution is 2.64. The maximum Gasteiger partial charge on any atom is 0.233 e. The molecule has 1 atom stereocenters. The lowest BCUT2D eigenvalue weighted by Crippen LogP contribution is -2.36. The van der Waals surface area contributed by atoms with Crippen LogP contribution in [0.4, 0.5) is 5.69 Å². The molecule has 0 spiro atoms. The fourth-order valence-corrected chi connectivity index (χ4v) is 14.9. The first-order valence-electron chi connectivity index (χ1n) is 19.6. The van der Waals surface area contributed by atoms with Gasteiger partial charge in [0.25, 0.3) is 0 Å². The lowest BCUT2D eigenvalue weighted by molar-refractivity contribution is 0.397. The van der Waals surface area contributed by atoms with Crippen LogP contribution in [-0.4, -0.2) is 28.4 Å². The molecular formula is C52H45NO5P2. The van der Waals surface area contributed by atoms with Crippen molar-refractivity contribution in [2.24, 2.45) is 0 Å². The van der Waals surface area contributed by atoms with Crippen LogP contribution >= 0.6 is 15.4 Å². The first-order chi connectivity index (χ1) is 29.5. The van der Waals surface area contributed by atoms with E-state index in [0.717, 1.165) is 49.7 Å². The van der Waals surface area contributed by atoms with Gasteiger partial charge < -0.3 is 18.9 Å². The Balaban J connectivity index is 1.64. The molecule has 0 bridgehead atoms. The number of methoxy groups -OCH3 is 4. The lowest BCUT2D eigenvalue weighted by atomic mass is 9.96. The number of nitrogens with zero attached hydrogens (tertiary/aromatic N) is 1. The molecule has 0 fully saturated rings. The van der Waals surface area contributed by atoms with Gasteiger partial charge in [0, 0.05) is 26.9 Å². The zero-order valence-electron chi connectivity index (χ0n) is 33.9. The molecule has 0 saturated carbocycles. The van der Waals surface area contributed by atoms with Crippen molar-refractivity contribution in [3.8, 4) is 56.4 Å². The van der Waals surface area contributed by atoms with Gasteiger partial charge in [0.05, 0.1) is 47.6 Å². The van der Waals surface area contributed by atoms with Crippen LogP contribution in [0.5, 0.6) is 23.0 Å². The fraction of sp³-hybridized carbons (Fsp3) is 0.0769. The molecule has 0 aliphatic carbocycles. The molecule has 0 aromatic heterocycles. The normalized spacial score (nSPS) is 11.7. The van der Waals surface area contributed by atoms with Crippen molar-refractivity contribution >= 4 is 42.3 Å². The predicted molar refractivity (Wildman–Crippen MR) is 250 cm³/mol. The van der Waals surface area contributed by atoms with E-state index < -0.39 is 15.4 Å². The van der Waals surface area contributed by atoms with E-state index in [2.05, 4.69) is 77.2 Å². The molecule has 8 aromatic rings. The van der Waals surface area contributed by atoms with Crippen molar-refractivity contribution in [2.45, 2.75) is 0 Å². The Morgan fingerprint density at radius 2 is 0.767 bits per heavy atom. The number of ether oxygens (including phenoxy) is 4. The average Bonchev–Trinajstić information content (AvgIpc) is 3.33. The number of hydrogen-bond donors (Lipinski definition) is 0. The highest BCUT2D eigenvalue weighted by Gasteiger charge is 2.44. The van der Waals surface area contributed by atoms with E-state index in [9.17, 15) is 0 Å². The Morgan fingerprint density at radius 1 is 0.400 bits per heavy atom. The van der Waals surface area contributed by atoms with Gasteiger partial charge in [-0.25, -0.2) is 0 Å². The van der Waals surface area contributed by atoms with E-state index in [1.165, 1.54) is 0 Å². The molecule has 8 heteroatoms. The molecule has 0 amide bonds. The second kappa shape index (κ2) is 18.1. The molecule has 0 radical (unpaired) electrons. The van der Waals surface area contributed by atoms with Crippen LogP contribution < -0.4 is 44.6 Å². The van der Waals surface area contributed by atoms with Crippen LogP contribution in [0.25, 0.3) is 33.4 Å². The largest absolute Gasteiger partial charge is 0.496 e. The molecule has 60 heavy (non-hydrogen) atoms. The topological polar surface area (TPSA) is 57.2 Å². The molecular weight excluding hydrogens is 781 g/mol. The van der Waals surface area contributed by atoms with Crippen molar-refractivity contribution < 1.29 is 23.5 Å². The third-order valence-corrected chi connectivity index (χ3v) is 16.9. The van der Waals surface area contributed by atoms with Crippen molar-refractivity contribution in [3.63, 3.8) is 0 Å². The van der Waals surface area contributed by atoms with Gasteiger partial charge in [-0.05, 0) is 82.9 Å². The van der Waals surface area contributed by atoms with Crippen LogP contribution in [0.15, 0.2) is 200 Å². The van der Waals surface area contributed by atoms with Crippen LogP contribution in [-0.2, 0) is 4.57 Å². The summed E-state index contributed by atoms with van der Waals surface area (Å²) >= 11 is 0. The van der Waals surface area contributed by atoms with Gasteiger partial charge in [0.1, 0.15) is 23.0 Å². The molecule has 0 aliphatic heterocycles. The van der Waals surface area contributed by atoms with E-state index in [1.54, 1.807) is 28.4 Å². The summed E-state index contributed by atoms with van der Waals surface area (Å²) in [6.45, 7) is 0. The molecule has 0 saturated heterocycles. The second-order valence-corrected chi connectivity index (χ2v) is 18.7. The first-order valence-corrected chi connectivity index (χ1v) is 22.6. The number of anilines is 1. The standard InChI is InChI=1S/C52H45NO5P2/c1-55-45-33-20-34-46(56-2)50(45)43-31-19-32-44(51-47(57-3)35-21-36-48(51)58-4)52(43)59(49-37-18-17-30-42(49)38-22-9-5-10-23-38)53(39-24-11-6-12-25-39)60(54,40-26-13-7-14-27-40)41-28-15-8-16-29-41/h5-37H,1-4H3. The molecule has 8 aromatic carbocycles. The Morgan fingerprint density at radius 3 is 1.22 bits per heavy atom. The third-order valence-electron chi connectivity index (χ3n) is 10.5. The van der Waals surface area contributed by atoms with Gasteiger partial charge in [0.2, 0.25) is 7.29 Å². The summed E-state index contributed by atoms with van der Waals surface area (Å²) in [4.78, 5) is 0. The Kier molecular flexibility index (Phi) is 12.2. The minimum atomic E-state index is -3.82. The summed E-state index contributed by atoms with van der Waals surface area (Å²) in [5, 5.41) is 3.30. The van der Waals surface area contributed by atoms with Crippen LogP contribution in [0.2, 0.25) is 0 Å². The monoisotopic (exact) mass is 825 g/mol. The van der Waals surface area contributed by atoms with Gasteiger partial charge in [-0.2, -0.15) is 0 Å². The quantitative estimate of drug-likeness (QED) is 0.102. The zero-order valence-corrected chi connectivity index (χ0v) is 35.7. The van der Waals surface area contributed by atoms with E-state index in [1.807, 2.05) is 127 Å². The van der Waals surface area contributed by atoms with E-state index >= 15 is 4.57 Å². The lowest BCUT2D eigenvalue weighted by Gasteiger charge is -2.42. The van der Waals surface area contributed by atoms with E-state index in [0.29, 0.717) is 33.6 Å². The van der Waals surface area contributed by atoms with Crippen LogP contribution in [0.3, 0.4) is 0 Å². The number of hydrogen-bond acceptors (Lipinski definition) is 5. The molecule has 0 N–H and O–H groups in total. The summed E-state index contributed by atoms with van der Waals surface area (Å²) in [6.07, 6.45) is 0. The molecule has 298 valence electrons. The molecule has 1 unspecified atom stereocenters. The number of benzene rings is 8. The summed E-state index contributed by atoms with van der Waals surface area (Å²) in [5.74, 6) is 2.52. The van der Waals surface area contributed by atoms with Crippen molar-refractivity contribution in [1.29, 1.82) is 0 Å². The van der Waals surface area contributed by atoms with Crippen molar-refractivity contribution in [2.75, 3.05) is 32.9 Å². The van der Waals surface area contributed by atoms with Gasteiger partial charge in [-0.3, -0.25) is 9.01 Å². The molecule has 6 nitrogen and oxygen atoms in total. The van der Waals surface area contributed by atoms with E-state index in [-0.39, 0.29) is 0 Å². The maximum absolute atomic E-state index is 17.4. The minimum absolute atomic E-state index is 0.631. The van der Waals surface area contributed by atoms with Gasteiger partial charge in [-0.15, -0.1) is 0 Å². The summed E-state index contributed by atoms with van der Waals surface area (Å²) in [5.41, 5.74) is 6.06. The SMILES string of the molecule is COc1cccc(OC)c1-c1cccc(-c2c(OC)cccc2OC)c1P(c1ccccc1-c1ccccc1)N(c1ccccc1)P(=O)(c1ccccc1)c1ccccc1. The van der Waals surface area contributed by atoms with Crippen LogP contribution in [0.1, 0.15) is 0 Å². The Bertz CT molecular complexity index is 2590. The Hall–Kier alpha value is -6.58. The summed E-state index contributed by atoms with van der Waals surface area (Å²) in [6, 6.07) is 66.7. The van der Waals surface area contributed by atoms with Crippen LogP contribution in [0, 0.1) is 0 Å². The first kappa shape index (κ1) is 40.2. The Labute approximate surface area is 353 Å². The molecule has 0 aliphatic rings. The number of rotatable bonds is 14. The highest BCUT2D eigenvalue weighted by atomic mass is 31.2. The summed E-state index contributed by atoms with van der Waals surface area (Å²) < 4.78 is 44.3. The van der Waals surface area contributed by atoms with Gasteiger partial charge in [0.15, 0.2) is 0 Å². The van der Waals surface area contributed by atoms with E-state index in [4.69, 9.17) is 18.9 Å². The average molecular weight is 826 g/mol. The second-order valence-electron chi connectivity index (χ2n) is 13.8. The maximum atomic E-state index is 17.4. The minimum Gasteiger partial charge on any atom is -0.496 e. The molecule has 0 heterocycles. The third kappa shape index (κ3) is 7.45. The number of para-hydroxylation sites is 1.